The van der Waals surface area contributed by atoms with E-state index in [4.69, 9.17) is 16.0 Å². The molecule has 1 heterocycles. The molecule has 0 unspecified atom stereocenters. The Balaban J connectivity index is 2.23. The number of para-hydroxylation sites is 1. The first kappa shape index (κ1) is 11.1. The Morgan fingerprint density at radius 3 is 2.50 bits per heavy atom. The fourth-order valence-corrected chi connectivity index (χ4v) is 2.15. The van der Waals surface area contributed by atoms with Crippen molar-refractivity contribution >= 4 is 27.8 Å². The molecule has 0 aliphatic carbocycles. The summed E-state index contributed by atoms with van der Waals surface area (Å²) in [5, 5.41) is 0.524. The van der Waals surface area contributed by atoms with Crippen LogP contribution in [0, 0.1) is 0 Å². The van der Waals surface area contributed by atoms with Gasteiger partial charge < -0.3 is 4.42 Å². The van der Waals surface area contributed by atoms with Crippen LogP contribution in [-0.4, -0.2) is 5.24 Å². The van der Waals surface area contributed by atoms with Crippen LogP contribution in [0.1, 0.15) is 10.4 Å². The second-order valence-electron chi connectivity index (χ2n) is 3.97. The van der Waals surface area contributed by atoms with Crippen LogP contribution < -0.4 is 0 Å². The molecular weight excluding hydrogens is 248 g/mol. The fourth-order valence-electron chi connectivity index (χ4n) is 1.98. The zero-order chi connectivity index (χ0) is 12.5. The van der Waals surface area contributed by atoms with Crippen molar-refractivity contribution in [2.45, 2.75) is 0 Å². The predicted octanol–water partition coefficient (Wildman–Crippen LogP) is 4.48. The Morgan fingerprint density at radius 2 is 1.72 bits per heavy atom. The Hall–Kier alpha value is -2.06. The maximum Gasteiger partial charge on any atom is 0.253 e. The molecule has 0 radical (unpaired) electrons. The molecule has 1 aromatic heterocycles. The number of halogens is 1. The van der Waals surface area contributed by atoms with Gasteiger partial charge in [0.25, 0.3) is 5.24 Å². The van der Waals surface area contributed by atoms with E-state index in [-0.39, 0.29) is 0 Å². The highest BCUT2D eigenvalue weighted by molar-refractivity contribution is 6.68. The quantitative estimate of drug-likeness (QED) is 0.633. The van der Waals surface area contributed by atoms with Crippen molar-refractivity contribution in [3.63, 3.8) is 0 Å². The molecule has 3 heteroatoms. The average Bonchev–Trinajstić information content (AvgIpc) is 2.82. The van der Waals surface area contributed by atoms with Gasteiger partial charge in [-0.3, -0.25) is 4.79 Å². The highest BCUT2D eigenvalue weighted by atomic mass is 35.5. The fraction of sp³-hybridized carbons (Fsp3) is 0. The predicted molar refractivity (Wildman–Crippen MR) is 71.8 cm³/mol. The zero-order valence-electron chi connectivity index (χ0n) is 9.39. The molecule has 18 heavy (non-hydrogen) atoms. The number of carbonyl (C=O) groups is 1. The highest BCUT2D eigenvalue weighted by Crippen LogP contribution is 2.30. The Morgan fingerprint density at radius 1 is 1.00 bits per heavy atom. The lowest BCUT2D eigenvalue weighted by Crippen LogP contribution is -1.91. The molecule has 3 aromatic rings. The summed E-state index contributed by atoms with van der Waals surface area (Å²) in [7, 11) is 0. The van der Waals surface area contributed by atoms with E-state index in [1.807, 2.05) is 42.5 Å². The van der Waals surface area contributed by atoms with Crippen LogP contribution in [0.5, 0.6) is 0 Å². The van der Waals surface area contributed by atoms with E-state index in [9.17, 15) is 4.79 Å². The summed E-state index contributed by atoms with van der Waals surface area (Å²) in [5.41, 5.74) is 1.97. The van der Waals surface area contributed by atoms with Crippen molar-refractivity contribution in [2.75, 3.05) is 0 Å². The van der Waals surface area contributed by atoms with Crippen molar-refractivity contribution in [3.8, 4) is 11.3 Å². The third-order valence-electron chi connectivity index (χ3n) is 2.83. The standard InChI is InChI=1S/C15H9ClO2/c16-15(17)12-7-3-2-6-11(12)14-9-10-5-1-4-8-13(10)18-14/h1-9H. The number of furan rings is 1. The molecule has 2 aromatic carbocycles. The summed E-state index contributed by atoms with van der Waals surface area (Å²) in [4.78, 5) is 11.4. The Bertz CT molecular complexity index is 695. The molecule has 0 amide bonds. The van der Waals surface area contributed by atoms with Gasteiger partial charge in [-0.1, -0.05) is 36.4 Å². The van der Waals surface area contributed by atoms with E-state index < -0.39 is 5.24 Å². The van der Waals surface area contributed by atoms with Gasteiger partial charge >= 0.3 is 0 Å². The molecule has 88 valence electrons. The van der Waals surface area contributed by atoms with E-state index in [0.717, 1.165) is 11.0 Å². The summed E-state index contributed by atoms with van der Waals surface area (Å²) in [6.45, 7) is 0. The van der Waals surface area contributed by atoms with Crippen molar-refractivity contribution in [1.29, 1.82) is 0 Å². The average molecular weight is 257 g/mol. The van der Waals surface area contributed by atoms with Gasteiger partial charge in [-0.15, -0.1) is 0 Å². The molecule has 0 saturated carbocycles. The monoisotopic (exact) mass is 256 g/mol. The number of hydrogen-bond donors (Lipinski definition) is 0. The highest BCUT2D eigenvalue weighted by Gasteiger charge is 2.13. The van der Waals surface area contributed by atoms with Crippen LogP contribution in [0.4, 0.5) is 0 Å². The van der Waals surface area contributed by atoms with Gasteiger partial charge in [-0.2, -0.15) is 0 Å². The van der Waals surface area contributed by atoms with Crippen LogP contribution in [0.2, 0.25) is 0 Å². The maximum absolute atomic E-state index is 11.4. The molecule has 0 bridgehead atoms. The van der Waals surface area contributed by atoms with Crippen LogP contribution in [0.25, 0.3) is 22.3 Å². The summed E-state index contributed by atoms with van der Waals surface area (Å²) in [6, 6.07) is 16.8. The second kappa shape index (κ2) is 4.31. The van der Waals surface area contributed by atoms with Crippen molar-refractivity contribution in [1.82, 2.24) is 0 Å². The van der Waals surface area contributed by atoms with Crippen LogP contribution >= 0.6 is 11.6 Å². The van der Waals surface area contributed by atoms with Gasteiger partial charge in [-0.05, 0) is 29.8 Å². The molecule has 0 saturated heterocycles. The normalized spacial score (nSPS) is 10.7. The largest absolute Gasteiger partial charge is 0.456 e. The maximum atomic E-state index is 11.4. The minimum atomic E-state index is -0.481. The summed E-state index contributed by atoms with van der Waals surface area (Å²) < 4.78 is 5.73. The first-order chi connectivity index (χ1) is 8.75. The SMILES string of the molecule is O=C(Cl)c1ccccc1-c1cc2ccccc2o1. The Labute approximate surface area is 109 Å². The molecule has 2 nitrogen and oxygen atoms in total. The van der Waals surface area contributed by atoms with E-state index in [0.29, 0.717) is 16.9 Å². The molecule has 0 aliphatic heterocycles. The van der Waals surface area contributed by atoms with Crippen LogP contribution in [0.3, 0.4) is 0 Å². The van der Waals surface area contributed by atoms with E-state index in [1.54, 1.807) is 12.1 Å². The van der Waals surface area contributed by atoms with Crippen molar-refractivity contribution in [3.05, 3.63) is 60.2 Å². The van der Waals surface area contributed by atoms with Crippen molar-refractivity contribution in [2.24, 2.45) is 0 Å². The third kappa shape index (κ3) is 1.81. The molecular formula is C15H9ClO2. The first-order valence-corrected chi connectivity index (χ1v) is 5.91. The topological polar surface area (TPSA) is 30.2 Å². The van der Waals surface area contributed by atoms with Crippen LogP contribution in [-0.2, 0) is 0 Å². The van der Waals surface area contributed by atoms with Gasteiger partial charge in [0.2, 0.25) is 0 Å². The van der Waals surface area contributed by atoms with Crippen LogP contribution in [0.15, 0.2) is 59.0 Å². The number of hydrogen-bond acceptors (Lipinski definition) is 2. The zero-order valence-corrected chi connectivity index (χ0v) is 10.1. The van der Waals surface area contributed by atoms with Gasteiger partial charge in [-0.25, -0.2) is 0 Å². The number of rotatable bonds is 2. The van der Waals surface area contributed by atoms with E-state index in [2.05, 4.69) is 0 Å². The second-order valence-corrected chi connectivity index (χ2v) is 4.31. The van der Waals surface area contributed by atoms with Gasteiger partial charge in [0.05, 0.1) is 0 Å². The molecule has 0 N–H and O–H groups in total. The summed E-state index contributed by atoms with van der Waals surface area (Å²) >= 11 is 5.58. The van der Waals surface area contributed by atoms with Crippen molar-refractivity contribution < 1.29 is 9.21 Å². The lowest BCUT2D eigenvalue weighted by Gasteiger charge is -2.01. The molecule has 0 atom stereocenters. The Kier molecular flexibility index (Phi) is 2.65. The molecule has 3 rings (SSSR count). The minimum absolute atomic E-state index is 0.457. The smallest absolute Gasteiger partial charge is 0.253 e. The molecule has 0 fully saturated rings. The minimum Gasteiger partial charge on any atom is -0.456 e. The summed E-state index contributed by atoms with van der Waals surface area (Å²) in [5.74, 6) is 0.654. The number of benzene rings is 2. The van der Waals surface area contributed by atoms with E-state index >= 15 is 0 Å². The lowest BCUT2D eigenvalue weighted by atomic mass is 10.1. The number of carbonyl (C=O) groups excluding carboxylic acids is 1. The lowest BCUT2D eigenvalue weighted by molar-refractivity contribution is 0.108. The van der Waals surface area contributed by atoms with Gasteiger partial charge in [0, 0.05) is 16.5 Å². The molecule has 0 aliphatic rings. The first-order valence-electron chi connectivity index (χ1n) is 5.53. The summed E-state index contributed by atoms with van der Waals surface area (Å²) in [6.07, 6.45) is 0. The number of fused-ring (bicyclic) bond motifs is 1. The van der Waals surface area contributed by atoms with E-state index in [1.165, 1.54) is 0 Å². The van der Waals surface area contributed by atoms with Gasteiger partial charge in [0.1, 0.15) is 11.3 Å². The van der Waals surface area contributed by atoms with Gasteiger partial charge in [0.15, 0.2) is 0 Å². The third-order valence-corrected chi connectivity index (χ3v) is 3.03. The molecule has 0 spiro atoms.